The van der Waals surface area contributed by atoms with Crippen LogP contribution in [0.25, 0.3) is 0 Å². The monoisotopic (exact) mass is 388 g/mol. The zero-order valence-corrected chi connectivity index (χ0v) is 15.6. The van der Waals surface area contributed by atoms with E-state index in [-0.39, 0.29) is 11.8 Å². The van der Waals surface area contributed by atoms with Gasteiger partial charge in [0.2, 0.25) is 5.91 Å². The molecular formula is C16H21ClN2O5S. The molecule has 25 heavy (non-hydrogen) atoms. The molecule has 2 N–H and O–H groups in total. The van der Waals surface area contributed by atoms with Gasteiger partial charge in [-0.25, -0.2) is 0 Å². The second kappa shape index (κ2) is 6.42. The summed E-state index contributed by atoms with van der Waals surface area (Å²) in [4.78, 5) is 14.4. The largest absolute Gasteiger partial charge is 0.467 e. The molecule has 7 nitrogen and oxygen atoms in total. The molecule has 2 bridgehead atoms. The average Bonchev–Trinajstić information content (AvgIpc) is 2.46. The van der Waals surface area contributed by atoms with Gasteiger partial charge in [0.1, 0.15) is 5.75 Å². The Morgan fingerprint density at radius 2 is 2.12 bits per heavy atom. The molecule has 0 radical (unpaired) electrons. The lowest BCUT2D eigenvalue weighted by Gasteiger charge is -2.55. The van der Waals surface area contributed by atoms with Crippen molar-refractivity contribution in [3.05, 3.63) is 28.8 Å². The van der Waals surface area contributed by atoms with E-state index < -0.39 is 15.8 Å². The Hall–Kier alpha value is -1.35. The van der Waals surface area contributed by atoms with E-state index in [0.717, 1.165) is 30.8 Å². The molecule has 9 heteroatoms. The van der Waals surface area contributed by atoms with Crippen molar-refractivity contribution in [3.8, 4) is 5.75 Å². The fraction of sp³-hybridized carbons (Fsp3) is 0.562. The van der Waals surface area contributed by atoms with Crippen LogP contribution in [0.1, 0.15) is 24.3 Å². The molecule has 3 heterocycles. The van der Waals surface area contributed by atoms with Crippen LogP contribution in [0.3, 0.4) is 0 Å². The van der Waals surface area contributed by atoms with E-state index in [1.54, 1.807) is 0 Å². The zero-order chi connectivity index (χ0) is 18.4. The Morgan fingerprint density at radius 3 is 2.80 bits per heavy atom. The van der Waals surface area contributed by atoms with Gasteiger partial charge in [-0.2, -0.15) is 8.42 Å². The molecule has 0 unspecified atom stereocenters. The Morgan fingerprint density at radius 1 is 1.44 bits per heavy atom. The van der Waals surface area contributed by atoms with Gasteiger partial charge < -0.3 is 15.0 Å². The quantitative estimate of drug-likeness (QED) is 0.654. The van der Waals surface area contributed by atoms with Crippen LogP contribution in [0.2, 0.25) is 5.02 Å². The van der Waals surface area contributed by atoms with Gasteiger partial charge in [0, 0.05) is 42.8 Å². The van der Waals surface area contributed by atoms with Crippen molar-refractivity contribution < 1.29 is 22.5 Å². The van der Waals surface area contributed by atoms with Crippen LogP contribution >= 0.6 is 11.6 Å². The number of amides is 1. The minimum atomic E-state index is -3.67. The van der Waals surface area contributed by atoms with E-state index in [1.165, 1.54) is 0 Å². The standard InChI is InChI=1S/C15H17ClN2O2.CH4O3S/c1-18-5-4-15-12(8-18)10(7-14(19)17-15)11-6-9(16)2-3-13(11)20-15;1-5(2,3)4/h2-3,6,10,12H,4-5,7-8H2,1H3,(H,17,19);1H3,(H,2,3,4)/t10-,12+,15+;/m0./s1. The summed E-state index contributed by atoms with van der Waals surface area (Å²) in [6.45, 7) is 1.88. The normalized spacial score (nSPS) is 30.8. The first-order valence-electron chi connectivity index (χ1n) is 7.98. The average molecular weight is 389 g/mol. The molecule has 2 fully saturated rings. The summed E-state index contributed by atoms with van der Waals surface area (Å²) in [5, 5.41) is 3.82. The van der Waals surface area contributed by atoms with E-state index in [1.807, 2.05) is 18.2 Å². The van der Waals surface area contributed by atoms with E-state index in [2.05, 4.69) is 17.3 Å². The number of rotatable bonds is 0. The predicted molar refractivity (Wildman–Crippen MR) is 93.4 cm³/mol. The second-order valence-corrected chi connectivity index (χ2v) is 8.79. The summed E-state index contributed by atoms with van der Waals surface area (Å²) in [5.74, 6) is 1.46. The van der Waals surface area contributed by atoms with Crippen LogP contribution in [-0.2, 0) is 14.9 Å². The molecule has 1 amide bonds. The minimum Gasteiger partial charge on any atom is -0.467 e. The Bertz CT molecular complexity index is 792. The fourth-order valence-corrected chi connectivity index (χ4v) is 4.11. The number of fused-ring (bicyclic) bond motifs is 2. The van der Waals surface area contributed by atoms with E-state index in [9.17, 15) is 13.2 Å². The topological polar surface area (TPSA) is 95.9 Å². The number of benzene rings is 1. The SMILES string of the molecule is CN1CC[C@@]23NC(=O)C[C@@H](c4cc(Cl)ccc4O2)[C@H]3C1.CS(=O)(=O)O. The van der Waals surface area contributed by atoms with Gasteiger partial charge in [-0.15, -0.1) is 0 Å². The number of piperidine rings is 2. The molecule has 0 aromatic heterocycles. The smallest absolute Gasteiger partial charge is 0.261 e. The molecule has 1 aromatic rings. The molecule has 2 saturated heterocycles. The van der Waals surface area contributed by atoms with Gasteiger partial charge in [-0.1, -0.05) is 11.6 Å². The molecule has 0 aliphatic carbocycles. The second-order valence-electron chi connectivity index (χ2n) is 6.88. The van der Waals surface area contributed by atoms with Gasteiger partial charge in [0.05, 0.1) is 6.26 Å². The van der Waals surface area contributed by atoms with Gasteiger partial charge in [0.15, 0.2) is 5.72 Å². The highest BCUT2D eigenvalue weighted by molar-refractivity contribution is 7.85. The van der Waals surface area contributed by atoms with Crippen LogP contribution in [-0.4, -0.2) is 55.9 Å². The van der Waals surface area contributed by atoms with Crippen LogP contribution in [0.4, 0.5) is 0 Å². The van der Waals surface area contributed by atoms with Crippen molar-refractivity contribution >= 4 is 27.6 Å². The molecular weight excluding hydrogens is 368 g/mol. The lowest BCUT2D eigenvalue weighted by molar-refractivity contribution is -0.152. The van der Waals surface area contributed by atoms with Gasteiger partial charge in [-0.05, 0) is 30.8 Å². The number of hydrogen-bond acceptors (Lipinski definition) is 5. The van der Waals surface area contributed by atoms with Crippen LogP contribution < -0.4 is 10.1 Å². The van der Waals surface area contributed by atoms with Crippen LogP contribution in [0.15, 0.2) is 18.2 Å². The molecule has 4 rings (SSSR count). The lowest BCUT2D eigenvalue weighted by Crippen LogP contribution is -2.69. The van der Waals surface area contributed by atoms with Crippen LogP contribution in [0, 0.1) is 5.92 Å². The molecule has 3 aliphatic heterocycles. The Balaban J connectivity index is 0.000000324. The fourth-order valence-electron chi connectivity index (χ4n) is 3.93. The summed E-state index contributed by atoms with van der Waals surface area (Å²) >= 11 is 6.13. The maximum absolute atomic E-state index is 12.1. The Labute approximate surface area is 152 Å². The predicted octanol–water partition coefficient (Wildman–Crippen LogP) is 1.49. The van der Waals surface area contributed by atoms with Crippen molar-refractivity contribution in [1.82, 2.24) is 10.2 Å². The minimum absolute atomic E-state index is 0.0847. The first-order valence-corrected chi connectivity index (χ1v) is 10.2. The maximum atomic E-state index is 12.1. The van der Waals surface area contributed by atoms with E-state index in [4.69, 9.17) is 20.9 Å². The number of nitrogens with one attached hydrogen (secondary N) is 1. The number of carbonyl (C=O) groups excluding carboxylic acids is 1. The summed E-state index contributed by atoms with van der Waals surface area (Å²) in [6, 6.07) is 5.74. The molecule has 3 aliphatic rings. The zero-order valence-electron chi connectivity index (χ0n) is 14.0. The summed E-state index contributed by atoms with van der Waals surface area (Å²) < 4.78 is 32.1. The third kappa shape index (κ3) is 3.92. The van der Waals surface area contributed by atoms with Crippen molar-refractivity contribution in [1.29, 1.82) is 0 Å². The third-order valence-corrected chi connectivity index (χ3v) is 5.11. The molecule has 3 atom stereocenters. The highest BCUT2D eigenvalue weighted by Gasteiger charge is 2.56. The lowest BCUT2D eigenvalue weighted by atomic mass is 9.69. The van der Waals surface area contributed by atoms with Crippen molar-refractivity contribution in [3.63, 3.8) is 0 Å². The van der Waals surface area contributed by atoms with Crippen molar-refractivity contribution in [2.45, 2.75) is 24.5 Å². The first kappa shape index (κ1) is 18.4. The molecule has 138 valence electrons. The summed E-state index contributed by atoms with van der Waals surface area (Å²) in [5.41, 5.74) is 0.566. The number of hydrogen-bond donors (Lipinski definition) is 2. The highest BCUT2D eigenvalue weighted by Crippen LogP contribution is 2.51. The summed E-state index contributed by atoms with van der Waals surface area (Å²) in [6.07, 6.45) is 2.07. The number of halogens is 1. The first-order chi connectivity index (χ1) is 11.6. The third-order valence-electron chi connectivity index (χ3n) is 4.88. The van der Waals surface area contributed by atoms with Crippen molar-refractivity contribution in [2.24, 2.45) is 5.92 Å². The number of nitrogens with zero attached hydrogens (tertiary/aromatic N) is 1. The van der Waals surface area contributed by atoms with Gasteiger partial charge in [0.25, 0.3) is 10.1 Å². The summed E-state index contributed by atoms with van der Waals surface area (Å²) in [7, 11) is -1.54. The van der Waals surface area contributed by atoms with Crippen LogP contribution in [0.5, 0.6) is 5.75 Å². The van der Waals surface area contributed by atoms with Crippen molar-refractivity contribution in [2.75, 3.05) is 26.4 Å². The maximum Gasteiger partial charge on any atom is 0.261 e. The van der Waals surface area contributed by atoms with E-state index >= 15 is 0 Å². The van der Waals surface area contributed by atoms with E-state index in [0.29, 0.717) is 23.6 Å². The molecule has 0 saturated carbocycles. The number of carbonyl (C=O) groups is 1. The highest BCUT2D eigenvalue weighted by atomic mass is 35.5. The van der Waals surface area contributed by atoms with Gasteiger partial charge >= 0.3 is 0 Å². The Kier molecular flexibility index (Phi) is 4.74. The number of likely N-dealkylation sites (tertiary alicyclic amines) is 1. The van der Waals surface area contributed by atoms with Gasteiger partial charge in [-0.3, -0.25) is 9.35 Å². The molecule has 0 spiro atoms. The molecule has 1 aromatic carbocycles. The number of ether oxygens (including phenoxy) is 1.